The van der Waals surface area contributed by atoms with E-state index in [1.165, 1.54) is 0 Å². The zero-order valence-electron chi connectivity index (χ0n) is 7.99. The maximum absolute atomic E-state index is 11.0. The molecule has 0 radical (unpaired) electrons. The number of hydrogen-bond acceptors (Lipinski definition) is 4. The summed E-state index contributed by atoms with van der Waals surface area (Å²) in [4.78, 5) is 3.77. The van der Waals surface area contributed by atoms with Crippen molar-refractivity contribution >= 4 is 53.9 Å². The van der Waals surface area contributed by atoms with Crippen LogP contribution in [0.5, 0.6) is 0 Å². The Labute approximate surface area is 120 Å². The molecule has 0 unspecified atom stereocenters. The van der Waals surface area contributed by atoms with E-state index in [0.29, 0.717) is 10.6 Å². The minimum absolute atomic E-state index is 0.225. The lowest BCUT2D eigenvalue weighted by Crippen LogP contribution is -1.92. The highest BCUT2D eigenvalue weighted by Crippen LogP contribution is 2.25. The molecule has 17 heavy (non-hydrogen) atoms. The molecule has 2 aromatic rings. The molecule has 0 aliphatic heterocycles. The molecular weight excluding hydrogens is 400 g/mol. The van der Waals surface area contributed by atoms with E-state index in [2.05, 4.69) is 37.8 Å². The minimum atomic E-state index is -3.90. The topological polar surface area (TPSA) is 75.7 Å². The lowest BCUT2D eigenvalue weighted by atomic mass is 10.2. The van der Waals surface area contributed by atoms with Crippen molar-refractivity contribution in [2.24, 2.45) is 0 Å². The highest BCUT2D eigenvalue weighted by molar-refractivity contribution is 14.1. The molecule has 0 saturated heterocycles. The van der Waals surface area contributed by atoms with Gasteiger partial charge in [-0.15, -0.1) is 0 Å². The lowest BCUT2D eigenvalue weighted by molar-refractivity contribution is 0.602. The molecule has 0 saturated carbocycles. The van der Waals surface area contributed by atoms with E-state index in [1.54, 1.807) is 18.2 Å². The normalized spacial score (nSPS) is 11.7. The first-order valence-corrected chi connectivity index (χ1v) is 7.97. The largest absolute Gasteiger partial charge is 0.296 e. The molecule has 9 heteroatoms. The summed E-state index contributed by atoms with van der Waals surface area (Å²) in [7, 11) is 1.23. The van der Waals surface area contributed by atoms with Gasteiger partial charge in [0.2, 0.25) is 0 Å². The molecule has 1 heterocycles. The average Bonchev–Trinajstić information content (AvgIpc) is 2.70. The quantitative estimate of drug-likeness (QED) is 0.617. The molecule has 0 spiro atoms. The highest BCUT2D eigenvalue weighted by atomic mass is 127. The van der Waals surface area contributed by atoms with Crippen molar-refractivity contribution in [1.82, 2.24) is 15.2 Å². The Hall–Kier alpha value is -0.380. The number of nitrogens with zero attached hydrogens (tertiary/aromatic N) is 2. The van der Waals surface area contributed by atoms with Crippen LogP contribution in [-0.4, -0.2) is 23.6 Å². The van der Waals surface area contributed by atoms with Crippen molar-refractivity contribution in [3.05, 3.63) is 26.8 Å². The Morgan fingerprint density at radius 2 is 2.06 bits per heavy atom. The van der Waals surface area contributed by atoms with Crippen LogP contribution in [0.15, 0.2) is 23.4 Å². The molecule has 0 bridgehead atoms. The van der Waals surface area contributed by atoms with Gasteiger partial charge in [-0.1, -0.05) is 11.6 Å². The van der Waals surface area contributed by atoms with E-state index < -0.39 is 9.05 Å². The highest BCUT2D eigenvalue weighted by Gasteiger charge is 2.17. The second-order valence-corrected chi connectivity index (χ2v) is 7.08. The summed E-state index contributed by atoms with van der Waals surface area (Å²) < 4.78 is 22.9. The van der Waals surface area contributed by atoms with E-state index in [9.17, 15) is 8.42 Å². The van der Waals surface area contributed by atoms with Crippen LogP contribution in [0.4, 0.5) is 0 Å². The van der Waals surface area contributed by atoms with Gasteiger partial charge in [-0.3, -0.25) is 0 Å². The Bertz CT molecular complexity index is 671. The first-order valence-electron chi connectivity index (χ1n) is 4.20. The summed E-state index contributed by atoms with van der Waals surface area (Å²) in [5.74, 6) is 0.225. The monoisotopic (exact) mass is 403 g/mol. The summed E-state index contributed by atoms with van der Waals surface area (Å²) in [6, 6.07) is 5.17. The van der Waals surface area contributed by atoms with Crippen molar-refractivity contribution in [3.8, 4) is 11.4 Å². The van der Waals surface area contributed by atoms with Gasteiger partial charge in [-0.05, 0) is 40.8 Å². The summed E-state index contributed by atoms with van der Waals surface area (Å²) in [6.45, 7) is 0. The number of benzene rings is 1. The first kappa shape index (κ1) is 13.1. The number of H-pyrrole nitrogens is 1. The van der Waals surface area contributed by atoms with Gasteiger partial charge in [-0.25, -0.2) is 13.5 Å². The fraction of sp³-hybridized carbons (Fsp3) is 0. The molecule has 1 N–H and O–H groups in total. The smallest absolute Gasteiger partial charge is 0.248 e. The molecule has 0 aliphatic carbocycles. The fourth-order valence-corrected chi connectivity index (χ4v) is 2.19. The van der Waals surface area contributed by atoms with Crippen LogP contribution in [0.1, 0.15) is 0 Å². The number of halogens is 3. The summed E-state index contributed by atoms with van der Waals surface area (Å²) in [5.41, 5.74) is 0.609. The number of rotatable bonds is 2. The number of nitrogens with one attached hydrogen (secondary N) is 1. The van der Waals surface area contributed by atoms with Gasteiger partial charge in [0.1, 0.15) is 0 Å². The molecule has 1 aromatic heterocycles. The molecule has 0 fully saturated rings. The second-order valence-electron chi connectivity index (χ2n) is 3.03. The van der Waals surface area contributed by atoms with E-state index in [-0.39, 0.29) is 11.0 Å². The van der Waals surface area contributed by atoms with Gasteiger partial charge in [0.05, 0.1) is 5.02 Å². The number of hydrogen-bond donors (Lipinski definition) is 1. The molecule has 1 aromatic carbocycles. The molecular formula is C8H4Cl2IN3O2S. The van der Waals surface area contributed by atoms with Gasteiger partial charge in [0.15, 0.2) is 5.82 Å². The third-order valence-electron chi connectivity index (χ3n) is 1.87. The average molecular weight is 404 g/mol. The number of aromatic nitrogens is 3. The van der Waals surface area contributed by atoms with Crippen LogP contribution in [-0.2, 0) is 9.05 Å². The molecule has 0 amide bonds. The van der Waals surface area contributed by atoms with Gasteiger partial charge < -0.3 is 0 Å². The third kappa shape index (κ3) is 2.90. The standard InChI is InChI=1S/C8H4Cl2IN3O2S/c9-5-3-4(1-2-6(5)11)7-12-8(14-13-7)17(10,15)16/h1-3H,(H,12,13,14). The molecule has 5 nitrogen and oxygen atoms in total. The fourth-order valence-electron chi connectivity index (χ4n) is 1.12. The van der Waals surface area contributed by atoms with Crippen molar-refractivity contribution in [3.63, 3.8) is 0 Å². The zero-order valence-corrected chi connectivity index (χ0v) is 12.5. The van der Waals surface area contributed by atoms with Crippen molar-refractivity contribution in [1.29, 1.82) is 0 Å². The Kier molecular flexibility index (Phi) is 3.62. The summed E-state index contributed by atoms with van der Waals surface area (Å²) in [6.07, 6.45) is 0. The number of aromatic amines is 1. The van der Waals surface area contributed by atoms with Gasteiger partial charge in [0, 0.05) is 19.8 Å². The summed E-state index contributed by atoms with van der Waals surface area (Å²) in [5, 5.41) is 6.17. The van der Waals surface area contributed by atoms with Crippen LogP contribution in [0.2, 0.25) is 5.02 Å². The third-order valence-corrected chi connectivity index (χ3v) is 4.53. The van der Waals surface area contributed by atoms with Crippen molar-refractivity contribution < 1.29 is 8.42 Å². The predicted octanol–water partition coefficient (Wildman–Crippen LogP) is 2.66. The Balaban J connectivity index is 2.47. The SMILES string of the molecule is O=S(=O)(Cl)c1nc(-c2ccc(I)c(Cl)c2)n[nH]1. The first-order chi connectivity index (χ1) is 7.88. The van der Waals surface area contributed by atoms with E-state index in [1.807, 2.05) is 0 Å². The van der Waals surface area contributed by atoms with Crippen LogP contribution >= 0.6 is 44.9 Å². The van der Waals surface area contributed by atoms with E-state index in [0.717, 1.165) is 3.57 Å². The summed E-state index contributed by atoms with van der Waals surface area (Å²) >= 11 is 8.02. The second kappa shape index (κ2) is 4.71. The van der Waals surface area contributed by atoms with Crippen molar-refractivity contribution in [2.45, 2.75) is 5.16 Å². The minimum Gasteiger partial charge on any atom is -0.248 e. The van der Waals surface area contributed by atoms with Crippen LogP contribution in [0.3, 0.4) is 0 Å². The predicted molar refractivity (Wildman–Crippen MR) is 72.6 cm³/mol. The Morgan fingerprint density at radius 3 is 2.59 bits per heavy atom. The maximum atomic E-state index is 11.0. The molecule has 2 rings (SSSR count). The Morgan fingerprint density at radius 1 is 1.35 bits per heavy atom. The van der Waals surface area contributed by atoms with Crippen molar-refractivity contribution in [2.75, 3.05) is 0 Å². The maximum Gasteiger partial charge on any atom is 0.296 e. The lowest BCUT2D eigenvalue weighted by Gasteiger charge is -1.98. The van der Waals surface area contributed by atoms with Crippen LogP contribution in [0, 0.1) is 3.57 Å². The van der Waals surface area contributed by atoms with E-state index in [4.69, 9.17) is 22.3 Å². The van der Waals surface area contributed by atoms with Gasteiger partial charge in [-0.2, -0.15) is 10.1 Å². The zero-order chi connectivity index (χ0) is 12.6. The van der Waals surface area contributed by atoms with E-state index >= 15 is 0 Å². The van der Waals surface area contributed by atoms with Crippen LogP contribution < -0.4 is 0 Å². The molecule has 90 valence electrons. The molecule has 0 aliphatic rings. The molecule has 0 atom stereocenters. The van der Waals surface area contributed by atoms with Gasteiger partial charge >= 0.3 is 0 Å². The van der Waals surface area contributed by atoms with Crippen LogP contribution in [0.25, 0.3) is 11.4 Å². The van der Waals surface area contributed by atoms with Gasteiger partial charge in [0.25, 0.3) is 14.2 Å².